The molecule has 0 aliphatic heterocycles. The van der Waals surface area contributed by atoms with Gasteiger partial charge in [-0.25, -0.2) is 0 Å². The molecule has 1 N–H and O–H groups in total. The molecule has 1 saturated carbocycles. The molecule has 0 radical (unpaired) electrons. The van der Waals surface area contributed by atoms with Gasteiger partial charge in [-0.2, -0.15) is 10.1 Å². The van der Waals surface area contributed by atoms with Crippen LogP contribution in [0.1, 0.15) is 75.2 Å². The van der Waals surface area contributed by atoms with E-state index in [1.807, 2.05) is 33.0 Å². The van der Waals surface area contributed by atoms with Gasteiger partial charge in [-0.15, -0.1) is 0 Å². The van der Waals surface area contributed by atoms with Gasteiger partial charge in [0.2, 0.25) is 5.88 Å². The highest BCUT2D eigenvalue weighted by molar-refractivity contribution is 5.84. The van der Waals surface area contributed by atoms with Crippen molar-refractivity contribution in [3.63, 3.8) is 0 Å². The second kappa shape index (κ2) is 7.98. The summed E-state index contributed by atoms with van der Waals surface area (Å²) in [5, 5.41) is 12.8. The maximum absolute atomic E-state index is 12.4. The molecule has 1 aliphatic rings. The minimum Gasteiger partial charge on any atom is -0.468 e. The first-order valence-corrected chi connectivity index (χ1v) is 10.8. The SMILES string of the molecule is Cc1cc(OCC(=O)NC(C)c2cc(CC(C)(C)C)on2)nc2c1c(C1CC1)nn2C. The molecular weight excluding hydrogens is 394 g/mol. The van der Waals surface area contributed by atoms with Crippen molar-refractivity contribution < 1.29 is 14.1 Å². The molecule has 3 aromatic heterocycles. The van der Waals surface area contributed by atoms with Crippen LogP contribution in [0.2, 0.25) is 0 Å². The van der Waals surface area contributed by atoms with Crippen LogP contribution in [0.25, 0.3) is 11.0 Å². The fourth-order valence-electron chi connectivity index (χ4n) is 3.79. The second-order valence-corrected chi connectivity index (χ2v) is 9.79. The summed E-state index contributed by atoms with van der Waals surface area (Å²) >= 11 is 0. The zero-order chi connectivity index (χ0) is 22.3. The normalized spacial score (nSPS) is 15.3. The number of nitrogens with one attached hydrogen (secondary N) is 1. The summed E-state index contributed by atoms with van der Waals surface area (Å²) in [4.78, 5) is 17.0. The summed E-state index contributed by atoms with van der Waals surface area (Å²) in [5.74, 6) is 1.54. The van der Waals surface area contributed by atoms with Crippen molar-refractivity contribution in [3.8, 4) is 5.88 Å². The lowest BCUT2D eigenvalue weighted by atomic mass is 9.91. The minimum atomic E-state index is -0.274. The van der Waals surface area contributed by atoms with Gasteiger partial charge in [0.05, 0.1) is 11.7 Å². The average molecular weight is 426 g/mol. The number of aromatic nitrogens is 4. The maximum atomic E-state index is 12.4. The van der Waals surface area contributed by atoms with Gasteiger partial charge in [0.15, 0.2) is 12.3 Å². The first-order chi connectivity index (χ1) is 14.6. The van der Waals surface area contributed by atoms with Crippen LogP contribution in [-0.2, 0) is 18.3 Å². The van der Waals surface area contributed by atoms with E-state index in [9.17, 15) is 4.79 Å². The summed E-state index contributed by atoms with van der Waals surface area (Å²) in [7, 11) is 1.89. The van der Waals surface area contributed by atoms with E-state index in [1.54, 1.807) is 4.68 Å². The first-order valence-electron chi connectivity index (χ1n) is 10.8. The van der Waals surface area contributed by atoms with Crippen LogP contribution >= 0.6 is 0 Å². The van der Waals surface area contributed by atoms with Gasteiger partial charge in [-0.3, -0.25) is 9.48 Å². The van der Waals surface area contributed by atoms with Crippen LogP contribution < -0.4 is 10.1 Å². The summed E-state index contributed by atoms with van der Waals surface area (Å²) in [6, 6.07) is 3.50. The van der Waals surface area contributed by atoms with Crippen molar-refractivity contribution in [1.82, 2.24) is 25.2 Å². The number of fused-ring (bicyclic) bond motifs is 1. The molecule has 1 aliphatic carbocycles. The molecule has 1 amide bonds. The van der Waals surface area contributed by atoms with Crippen molar-refractivity contribution in [1.29, 1.82) is 0 Å². The van der Waals surface area contributed by atoms with E-state index in [2.05, 4.69) is 41.3 Å². The van der Waals surface area contributed by atoms with E-state index < -0.39 is 0 Å². The Hall–Kier alpha value is -2.90. The lowest BCUT2D eigenvalue weighted by Crippen LogP contribution is -2.31. The number of carbonyl (C=O) groups is 1. The van der Waals surface area contributed by atoms with Gasteiger partial charge in [-0.05, 0) is 37.7 Å². The standard InChI is InChI=1S/C23H31N5O3/c1-13-9-19(25-22-20(13)21(15-7-8-15)26-28(22)6)30-12-18(29)24-14(2)17-10-16(31-27-17)11-23(3,4)5/h9-10,14-15H,7-8,11-12H2,1-6H3,(H,24,29). The van der Waals surface area contributed by atoms with Crippen LogP contribution in [-0.4, -0.2) is 32.4 Å². The molecule has 166 valence electrons. The number of rotatable bonds is 7. The number of pyridine rings is 1. The third kappa shape index (κ3) is 4.89. The quantitative estimate of drug-likeness (QED) is 0.615. The predicted octanol–water partition coefficient (Wildman–Crippen LogP) is 3.99. The topological polar surface area (TPSA) is 95.1 Å². The zero-order valence-electron chi connectivity index (χ0n) is 19.2. The summed E-state index contributed by atoms with van der Waals surface area (Å²) < 4.78 is 12.9. The zero-order valence-corrected chi connectivity index (χ0v) is 19.2. The van der Waals surface area contributed by atoms with Gasteiger partial charge >= 0.3 is 0 Å². The molecule has 8 heteroatoms. The fraction of sp³-hybridized carbons (Fsp3) is 0.565. The molecule has 0 saturated heterocycles. The lowest BCUT2D eigenvalue weighted by molar-refractivity contribution is -0.123. The molecule has 1 unspecified atom stereocenters. The Balaban J connectivity index is 1.37. The minimum absolute atomic E-state index is 0.108. The molecule has 31 heavy (non-hydrogen) atoms. The number of ether oxygens (including phenoxy) is 1. The average Bonchev–Trinajstić information content (AvgIpc) is 3.33. The van der Waals surface area contributed by atoms with Crippen molar-refractivity contribution in [2.75, 3.05) is 6.61 Å². The number of carbonyl (C=O) groups excluding carboxylic acids is 1. The molecule has 1 fully saturated rings. The van der Waals surface area contributed by atoms with Gasteiger partial charge in [0, 0.05) is 36.9 Å². The van der Waals surface area contributed by atoms with E-state index >= 15 is 0 Å². The Kier molecular flexibility index (Phi) is 5.49. The van der Waals surface area contributed by atoms with Crippen molar-refractivity contribution in [2.45, 2.75) is 65.8 Å². The Morgan fingerprint density at radius 2 is 2.10 bits per heavy atom. The molecule has 8 nitrogen and oxygen atoms in total. The number of nitrogens with zero attached hydrogens (tertiary/aromatic N) is 4. The molecule has 3 aromatic rings. The van der Waals surface area contributed by atoms with Crippen LogP contribution in [0, 0.1) is 12.3 Å². The first kappa shape index (κ1) is 21.3. The number of amides is 1. The number of hydrogen-bond acceptors (Lipinski definition) is 6. The highest BCUT2D eigenvalue weighted by Crippen LogP contribution is 2.43. The third-order valence-corrected chi connectivity index (χ3v) is 5.41. The van der Waals surface area contributed by atoms with Crippen LogP contribution in [0.5, 0.6) is 5.88 Å². The van der Waals surface area contributed by atoms with E-state index in [0.29, 0.717) is 17.5 Å². The molecular formula is C23H31N5O3. The van der Waals surface area contributed by atoms with Crippen molar-refractivity contribution in [3.05, 3.63) is 34.8 Å². The molecule has 3 heterocycles. The number of aryl methyl sites for hydroxylation is 2. The lowest BCUT2D eigenvalue weighted by Gasteiger charge is -2.14. The Labute approximate surface area is 182 Å². The highest BCUT2D eigenvalue weighted by atomic mass is 16.5. The Bertz CT molecular complexity index is 1100. The van der Waals surface area contributed by atoms with E-state index in [1.165, 1.54) is 12.8 Å². The third-order valence-electron chi connectivity index (χ3n) is 5.41. The monoisotopic (exact) mass is 425 g/mol. The van der Waals surface area contributed by atoms with Crippen molar-refractivity contribution >= 4 is 16.9 Å². The molecule has 0 bridgehead atoms. The Morgan fingerprint density at radius 1 is 1.35 bits per heavy atom. The fourth-order valence-corrected chi connectivity index (χ4v) is 3.79. The predicted molar refractivity (Wildman–Crippen MR) is 117 cm³/mol. The summed E-state index contributed by atoms with van der Waals surface area (Å²) in [6.45, 7) is 10.2. The van der Waals surface area contributed by atoms with Gasteiger partial charge in [-0.1, -0.05) is 25.9 Å². The van der Waals surface area contributed by atoms with Gasteiger partial charge in [0.25, 0.3) is 5.91 Å². The highest BCUT2D eigenvalue weighted by Gasteiger charge is 2.30. The molecule has 0 spiro atoms. The summed E-state index contributed by atoms with van der Waals surface area (Å²) in [6.07, 6.45) is 3.16. The van der Waals surface area contributed by atoms with Crippen LogP contribution in [0.3, 0.4) is 0 Å². The van der Waals surface area contributed by atoms with E-state index in [4.69, 9.17) is 9.26 Å². The van der Waals surface area contributed by atoms with E-state index in [-0.39, 0.29) is 24.0 Å². The van der Waals surface area contributed by atoms with Crippen LogP contribution in [0.15, 0.2) is 16.7 Å². The van der Waals surface area contributed by atoms with Crippen molar-refractivity contribution in [2.24, 2.45) is 12.5 Å². The molecule has 4 rings (SSSR count). The molecule has 1 atom stereocenters. The van der Waals surface area contributed by atoms with Gasteiger partial charge in [0.1, 0.15) is 11.5 Å². The summed E-state index contributed by atoms with van der Waals surface area (Å²) in [5.41, 5.74) is 3.79. The Morgan fingerprint density at radius 3 is 2.77 bits per heavy atom. The van der Waals surface area contributed by atoms with E-state index in [0.717, 1.165) is 34.5 Å². The smallest absolute Gasteiger partial charge is 0.258 e. The maximum Gasteiger partial charge on any atom is 0.258 e. The van der Waals surface area contributed by atoms with Crippen LogP contribution in [0.4, 0.5) is 0 Å². The second-order valence-electron chi connectivity index (χ2n) is 9.79. The number of hydrogen-bond donors (Lipinski definition) is 1. The largest absolute Gasteiger partial charge is 0.468 e. The van der Waals surface area contributed by atoms with Gasteiger partial charge < -0.3 is 14.6 Å². The molecule has 0 aromatic carbocycles.